The first-order valence-corrected chi connectivity index (χ1v) is 3.16. The molecule has 2 N–H and O–H groups in total. The van der Waals surface area contributed by atoms with E-state index in [1.165, 1.54) is 10.8 Å². The summed E-state index contributed by atoms with van der Waals surface area (Å²) in [5.74, 6) is 0. The lowest BCUT2D eigenvalue weighted by Gasteiger charge is -2.28. The van der Waals surface area contributed by atoms with Crippen molar-refractivity contribution in [3.05, 3.63) is 24.5 Å². The van der Waals surface area contributed by atoms with E-state index in [-0.39, 0.29) is 4.99 Å². The Bertz CT molecular complexity index is 200. The van der Waals surface area contributed by atoms with Crippen LogP contribution < -0.4 is 11.0 Å². The number of hydrogen-bond acceptors (Lipinski definition) is 2. The van der Waals surface area contributed by atoms with Crippen LogP contribution in [0, 0.1) is 0 Å². The Labute approximate surface area is 64.0 Å². The Balaban J connectivity index is 2.70. The normalized spacial score (nSPS) is 23.3. The average Bonchev–Trinajstić information content (AvgIpc) is 1.88. The monoisotopic (exact) mass is 157 g/mol. The maximum atomic E-state index is 10.8. The molecule has 54 valence electrons. The summed E-state index contributed by atoms with van der Waals surface area (Å²) in [4.78, 5) is 0.167. The van der Waals surface area contributed by atoms with Crippen molar-refractivity contribution in [1.29, 1.82) is 0 Å². The van der Waals surface area contributed by atoms with Gasteiger partial charge in [0.15, 0.2) is 4.99 Å². The molecule has 1 atom stereocenters. The third-order valence-corrected chi connectivity index (χ3v) is 1.37. The molecule has 0 aromatic rings. The number of thiocarbonyl (C=S) groups is 1. The van der Waals surface area contributed by atoms with Crippen LogP contribution in [0.3, 0.4) is 0 Å². The van der Waals surface area contributed by atoms with Crippen LogP contribution in [-0.4, -0.2) is 11.1 Å². The first kappa shape index (κ1) is 7.24. The van der Waals surface area contributed by atoms with Gasteiger partial charge < -0.3 is 15.5 Å². The van der Waals surface area contributed by atoms with Gasteiger partial charge in [-0.15, -0.1) is 0 Å². The Morgan fingerprint density at radius 2 is 2.30 bits per heavy atom. The van der Waals surface area contributed by atoms with Gasteiger partial charge >= 0.3 is 0 Å². The molecular weight excluding hydrogens is 150 g/mol. The predicted molar refractivity (Wildman–Crippen MR) is 39.9 cm³/mol. The van der Waals surface area contributed by atoms with E-state index in [2.05, 4.69) is 12.2 Å². The molecule has 3 nitrogen and oxygen atoms in total. The van der Waals surface area contributed by atoms with Crippen molar-refractivity contribution < 1.29 is 9.78 Å². The second-order valence-corrected chi connectivity index (χ2v) is 2.34. The molecule has 1 unspecified atom stereocenters. The zero-order chi connectivity index (χ0) is 7.56. The van der Waals surface area contributed by atoms with Gasteiger partial charge in [-0.25, -0.2) is 0 Å². The van der Waals surface area contributed by atoms with Crippen LogP contribution in [0.5, 0.6) is 0 Å². The highest BCUT2D eigenvalue weighted by Gasteiger charge is 2.17. The fraction of sp³-hybridized carbons (Fsp3) is 0.167. The second kappa shape index (κ2) is 2.81. The third kappa shape index (κ3) is 1.34. The summed E-state index contributed by atoms with van der Waals surface area (Å²) in [7, 11) is 0. The molecule has 0 saturated heterocycles. The fourth-order valence-electron chi connectivity index (χ4n) is 0.659. The van der Waals surface area contributed by atoms with Gasteiger partial charge in [-0.2, -0.15) is 0 Å². The minimum absolute atomic E-state index is 0.167. The summed E-state index contributed by atoms with van der Waals surface area (Å²) in [6.45, 7) is 0. The fourth-order valence-corrected chi connectivity index (χ4v) is 0.833. The van der Waals surface area contributed by atoms with E-state index in [4.69, 9.17) is 5.73 Å². The molecule has 0 aromatic heterocycles. The van der Waals surface area contributed by atoms with E-state index in [1.807, 2.05) is 0 Å². The van der Waals surface area contributed by atoms with Gasteiger partial charge in [0.25, 0.3) is 6.10 Å². The lowest BCUT2D eigenvalue weighted by atomic mass is 10.3. The molecular formula is C6H7NO2S. The molecule has 10 heavy (non-hydrogen) atoms. The van der Waals surface area contributed by atoms with Gasteiger partial charge in [0, 0.05) is 12.2 Å². The molecule has 1 rings (SSSR count). The number of hydrogen-bond donors (Lipinski definition) is 1. The van der Waals surface area contributed by atoms with Gasteiger partial charge in [-0.05, 0) is 6.08 Å². The number of allylic oxidation sites excluding steroid dienone is 2. The Kier molecular flexibility index (Phi) is 2.03. The molecule has 1 heterocycles. The lowest BCUT2D eigenvalue weighted by molar-refractivity contribution is -0.773. The van der Waals surface area contributed by atoms with Crippen LogP contribution in [0.4, 0.5) is 0 Å². The largest absolute Gasteiger partial charge is 0.560 e. The molecule has 0 amide bonds. The van der Waals surface area contributed by atoms with Crippen LogP contribution >= 0.6 is 12.2 Å². The van der Waals surface area contributed by atoms with Crippen molar-refractivity contribution in [3.8, 4) is 0 Å². The summed E-state index contributed by atoms with van der Waals surface area (Å²) in [5.41, 5.74) is 5.24. The maximum absolute atomic E-state index is 10.8. The highest BCUT2D eigenvalue weighted by Crippen LogP contribution is 2.07. The summed E-state index contributed by atoms with van der Waals surface area (Å²) in [5, 5.41) is 10.8. The molecule has 0 spiro atoms. The van der Waals surface area contributed by atoms with E-state index in [1.54, 1.807) is 18.2 Å². The first-order chi connectivity index (χ1) is 4.72. The topological polar surface area (TPSA) is 51.8 Å². The SMILES string of the molecule is NC(=S)C1C=CC=C[O+]1[O-]. The van der Waals surface area contributed by atoms with E-state index in [0.29, 0.717) is 0 Å². The Morgan fingerprint density at radius 3 is 2.70 bits per heavy atom. The van der Waals surface area contributed by atoms with Crippen molar-refractivity contribution in [2.45, 2.75) is 6.10 Å². The van der Waals surface area contributed by atoms with Crippen LogP contribution in [0.2, 0.25) is 0 Å². The van der Waals surface area contributed by atoms with E-state index >= 15 is 0 Å². The van der Waals surface area contributed by atoms with Gasteiger partial charge in [0.2, 0.25) is 6.26 Å². The molecule has 0 fully saturated rings. The third-order valence-electron chi connectivity index (χ3n) is 1.14. The van der Waals surface area contributed by atoms with Gasteiger partial charge in [-0.1, -0.05) is 12.2 Å². The zero-order valence-electron chi connectivity index (χ0n) is 5.19. The number of nitrogens with two attached hydrogens (primary N) is 1. The van der Waals surface area contributed by atoms with Crippen LogP contribution in [0.1, 0.15) is 0 Å². The molecule has 0 aliphatic carbocycles. The van der Waals surface area contributed by atoms with E-state index in [9.17, 15) is 5.26 Å². The first-order valence-electron chi connectivity index (χ1n) is 2.75. The highest BCUT2D eigenvalue weighted by molar-refractivity contribution is 7.80. The zero-order valence-corrected chi connectivity index (χ0v) is 6.01. The van der Waals surface area contributed by atoms with E-state index in [0.717, 1.165) is 0 Å². The standard InChI is InChI=1S/C6H7NO2S/c7-6(10)5-3-1-2-4-9(5)8/h1-5H,(H2,7,10). The molecule has 1 aliphatic rings. The van der Waals surface area contributed by atoms with Crippen LogP contribution in [-0.2, 0) is 4.52 Å². The number of rotatable bonds is 1. The van der Waals surface area contributed by atoms with Crippen molar-refractivity contribution in [1.82, 2.24) is 0 Å². The van der Waals surface area contributed by atoms with Crippen molar-refractivity contribution in [3.63, 3.8) is 0 Å². The molecule has 0 radical (unpaired) electrons. The van der Waals surface area contributed by atoms with Crippen LogP contribution in [0.25, 0.3) is 0 Å². The van der Waals surface area contributed by atoms with Crippen molar-refractivity contribution in [2.75, 3.05) is 0 Å². The van der Waals surface area contributed by atoms with Gasteiger partial charge in [-0.3, -0.25) is 0 Å². The minimum atomic E-state index is -0.542. The molecule has 0 saturated carbocycles. The summed E-state index contributed by atoms with van der Waals surface area (Å²) < 4.78 is 1.48. The van der Waals surface area contributed by atoms with Crippen molar-refractivity contribution >= 4 is 17.2 Å². The summed E-state index contributed by atoms with van der Waals surface area (Å²) in [6, 6.07) is 0. The molecule has 4 heteroatoms. The maximum Gasteiger partial charge on any atom is 0.263 e. The molecule has 0 aromatic carbocycles. The lowest BCUT2D eigenvalue weighted by Crippen LogP contribution is -2.40. The van der Waals surface area contributed by atoms with Crippen molar-refractivity contribution in [2.24, 2.45) is 5.73 Å². The summed E-state index contributed by atoms with van der Waals surface area (Å²) >= 11 is 4.62. The molecule has 1 aliphatic heterocycles. The molecule has 0 bridgehead atoms. The minimum Gasteiger partial charge on any atom is -0.560 e. The van der Waals surface area contributed by atoms with Gasteiger partial charge in [0.1, 0.15) is 0 Å². The van der Waals surface area contributed by atoms with Crippen LogP contribution in [0.15, 0.2) is 24.5 Å². The Morgan fingerprint density at radius 1 is 1.60 bits per heavy atom. The van der Waals surface area contributed by atoms with E-state index < -0.39 is 6.10 Å². The average molecular weight is 157 g/mol. The Hall–Kier alpha value is -0.870. The smallest absolute Gasteiger partial charge is 0.263 e. The summed E-state index contributed by atoms with van der Waals surface area (Å²) in [6.07, 6.45) is 5.72. The quantitative estimate of drug-likeness (QED) is 0.319. The van der Waals surface area contributed by atoms with Gasteiger partial charge in [0.05, 0.1) is 0 Å². The highest BCUT2D eigenvalue weighted by atomic mass is 32.1. The second-order valence-electron chi connectivity index (χ2n) is 1.86. The predicted octanol–water partition coefficient (Wildman–Crippen LogP) is -0.448.